The van der Waals surface area contributed by atoms with Gasteiger partial charge in [-0.3, -0.25) is 9.98 Å². The molecule has 2 aromatic rings. The van der Waals surface area contributed by atoms with Gasteiger partial charge in [-0.05, 0) is 49.2 Å². The normalized spacial score (nSPS) is 12.8. The molecule has 5 heteroatoms. The quantitative estimate of drug-likeness (QED) is 0.235. The zero-order chi connectivity index (χ0) is 22.2. The summed E-state index contributed by atoms with van der Waals surface area (Å²) in [7, 11) is -2.17. The number of rotatable bonds is 10. The average molecular weight is 495 g/mol. The number of hydrogen-bond donors (Lipinski definition) is 0. The average Bonchev–Trinajstić information content (AvgIpc) is 2.64. The van der Waals surface area contributed by atoms with Gasteiger partial charge in [0.1, 0.15) is 0 Å². The summed E-state index contributed by atoms with van der Waals surface area (Å²) in [5.74, 6) is 0. The van der Waals surface area contributed by atoms with Crippen LogP contribution in [0.4, 0.5) is 11.4 Å². The zero-order valence-electron chi connectivity index (χ0n) is 20.4. The molecule has 2 aromatic carbocycles. The molecular weight excluding hydrogens is 455 g/mol. The summed E-state index contributed by atoms with van der Waals surface area (Å²) in [6.07, 6.45) is 5.21. The Kier molecular flexibility index (Phi) is 11.3. The van der Waals surface area contributed by atoms with E-state index in [0.717, 1.165) is 36.3 Å². The van der Waals surface area contributed by atoms with E-state index >= 15 is 0 Å². The maximum Gasteiger partial charge on any atom is 0.0633 e. The summed E-state index contributed by atoms with van der Waals surface area (Å²) in [5, 5.41) is 0. The Morgan fingerprint density at radius 2 is 1.19 bits per heavy atom. The summed E-state index contributed by atoms with van der Waals surface area (Å²) in [4.78, 5) is 9.62. The molecular formula is C26H40N2NiSi2. The van der Waals surface area contributed by atoms with Gasteiger partial charge < -0.3 is 0 Å². The van der Waals surface area contributed by atoms with E-state index in [-0.39, 0.29) is 16.5 Å². The smallest absolute Gasteiger partial charge is 0.0633 e. The van der Waals surface area contributed by atoms with Crippen LogP contribution in [0, 0.1) is 0 Å². The van der Waals surface area contributed by atoms with Crippen LogP contribution >= 0.6 is 0 Å². The van der Waals surface area contributed by atoms with Gasteiger partial charge in [-0.25, -0.2) is 0 Å². The van der Waals surface area contributed by atoms with Gasteiger partial charge >= 0.3 is 0 Å². The molecule has 0 spiro atoms. The van der Waals surface area contributed by atoms with Crippen LogP contribution in [-0.2, 0) is 28.6 Å². The molecule has 0 heterocycles. The molecule has 0 amide bonds. The number of nitrogens with zero attached hydrogens (tertiary/aromatic N) is 2. The Bertz CT molecular complexity index is 843. The SMILES string of the molecule is CCCCC(/C=N/c1ccc(C[Si](C)(C)C)cc1)=N\c1ccc(C[Si](C)(C)C)cc1.[Ni]. The standard InChI is InChI=1S/C26H40N2Si2.Ni/c1-8-9-10-26(28-25-17-13-23(14-18-25)21-30(5,6)7)19-27-24-15-11-22(12-16-24)20-29(2,3)4;/h11-19H,8-10,20-21H2,1-7H3;/b27-19+,28-26+;. The van der Waals surface area contributed by atoms with E-state index in [9.17, 15) is 0 Å². The third kappa shape index (κ3) is 11.8. The Balaban J connectivity index is 0.00000480. The summed E-state index contributed by atoms with van der Waals surface area (Å²) < 4.78 is 0. The minimum Gasteiger partial charge on any atom is -0.255 e. The molecule has 31 heavy (non-hydrogen) atoms. The molecule has 0 radical (unpaired) electrons. The molecule has 0 fully saturated rings. The molecule has 2 nitrogen and oxygen atoms in total. The fourth-order valence-electron chi connectivity index (χ4n) is 3.44. The van der Waals surface area contributed by atoms with E-state index in [1.54, 1.807) is 0 Å². The van der Waals surface area contributed by atoms with Crippen LogP contribution in [0.25, 0.3) is 0 Å². The Morgan fingerprint density at radius 3 is 1.61 bits per heavy atom. The van der Waals surface area contributed by atoms with Crippen molar-refractivity contribution in [3.8, 4) is 0 Å². The molecule has 0 unspecified atom stereocenters. The van der Waals surface area contributed by atoms with Crippen molar-refractivity contribution in [3.63, 3.8) is 0 Å². The summed E-state index contributed by atoms with van der Waals surface area (Å²) in [6.45, 7) is 16.7. The number of benzene rings is 2. The molecule has 0 bridgehead atoms. The summed E-state index contributed by atoms with van der Waals surface area (Å²) in [5.41, 5.74) is 5.93. The third-order valence-corrected chi connectivity index (χ3v) is 7.70. The van der Waals surface area contributed by atoms with Crippen molar-refractivity contribution >= 4 is 39.4 Å². The molecule has 0 N–H and O–H groups in total. The first kappa shape index (κ1) is 27.7. The largest absolute Gasteiger partial charge is 0.255 e. The molecule has 0 aliphatic heterocycles. The summed E-state index contributed by atoms with van der Waals surface area (Å²) >= 11 is 0. The molecule has 172 valence electrons. The van der Waals surface area contributed by atoms with Crippen molar-refractivity contribution < 1.29 is 16.5 Å². The second-order valence-corrected chi connectivity index (χ2v) is 21.7. The van der Waals surface area contributed by atoms with Crippen LogP contribution in [0.1, 0.15) is 37.3 Å². The van der Waals surface area contributed by atoms with Crippen LogP contribution in [-0.4, -0.2) is 28.1 Å². The molecule has 0 saturated carbocycles. The van der Waals surface area contributed by atoms with Crippen LogP contribution < -0.4 is 0 Å². The second kappa shape index (κ2) is 12.7. The molecule has 2 rings (SSSR count). The molecule has 0 aliphatic carbocycles. The van der Waals surface area contributed by atoms with Crippen LogP contribution in [0.5, 0.6) is 0 Å². The van der Waals surface area contributed by atoms with Gasteiger partial charge in [0.2, 0.25) is 0 Å². The van der Waals surface area contributed by atoms with E-state index in [0.29, 0.717) is 0 Å². The molecule has 0 aliphatic rings. The molecule has 0 aromatic heterocycles. The predicted molar refractivity (Wildman–Crippen MR) is 142 cm³/mol. The van der Waals surface area contributed by atoms with E-state index in [1.165, 1.54) is 23.2 Å². The fourth-order valence-corrected chi connectivity index (χ4v) is 6.36. The van der Waals surface area contributed by atoms with E-state index in [4.69, 9.17) is 9.98 Å². The van der Waals surface area contributed by atoms with Crippen molar-refractivity contribution in [3.05, 3.63) is 59.7 Å². The van der Waals surface area contributed by atoms with Crippen molar-refractivity contribution in [1.82, 2.24) is 0 Å². The van der Waals surface area contributed by atoms with Gasteiger partial charge in [-0.1, -0.05) is 88.0 Å². The van der Waals surface area contributed by atoms with Crippen molar-refractivity contribution in [2.45, 2.75) is 77.6 Å². The van der Waals surface area contributed by atoms with Crippen LogP contribution in [0.3, 0.4) is 0 Å². The monoisotopic (exact) mass is 494 g/mol. The van der Waals surface area contributed by atoms with E-state index in [2.05, 4.69) is 94.7 Å². The van der Waals surface area contributed by atoms with Gasteiger partial charge in [0.15, 0.2) is 0 Å². The maximum absolute atomic E-state index is 4.90. The number of unbranched alkanes of at least 4 members (excludes halogenated alkanes) is 1. The second-order valence-electron chi connectivity index (χ2n) is 10.8. The summed E-state index contributed by atoms with van der Waals surface area (Å²) in [6, 6.07) is 19.9. The van der Waals surface area contributed by atoms with E-state index < -0.39 is 16.1 Å². The van der Waals surface area contributed by atoms with Crippen molar-refractivity contribution in [1.29, 1.82) is 0 Å². The Morgan fingerprint density at radius 1 is 0.742 bits per heavy atom. The maximum atomic E-state index is 4.90. The fraction of sp³-hybridized carbons (Fsp3) is 0.462. The first-order valence-electron chi connectivity index (χ1n) is 11.3. The van der Waals surface area contributed by atoms with Gasteiger partial charge in [0, 0.05) is 38.9 Å². The minimum atomic E-state index is -1.09. The molecule has 0 atom stereocenters. The van der Waals surface area contributed by atoms with Crippen molar-refractivity contribution in [2.24, 2.45) is 9.98 Å². The Hall–Kier alpha value is -1.29. The van der Waals surface area contributed by atoms with Crippen LogP contribution in [0.2, 0.25) is 39.3 Å². The number of aliphatic imine (C=N–C) groups is 2. The first-order valence-corrected chi connectivity index (χ1v) is 18.7. The zero-order valence-corrected chi connectivity index (χ0v) is 23.4. The minimum absolute atomic E-state index is 0. The van der Waals surface area contributed by atoms with E-state index in [1.807, 2.05) is 6.21 Å². The van der Waals surface area contributed by atoms with Gasteiger partial charge in [-0.2, -0.15) is 0 Å². The molecule has 0 saturated heterocycles. The van der Waals surface area contributed by atoms with Crippen LogP contribution in [0.15, 0.2) is 58.5 Å². The van der Waals surface area contributed by atoms with Gasteiger partial charge in [-0.15, -0.1) is 0 Å². The third-order valence-electron chi connectivity index (χ3n) is 4.76. The first-order chi connectivity index (χ1) is 14.0. The van der Waals surface area contributed by atoms with Crippen molar-refractivity contribution in [2.75, 3.05) is 0 Å². The topological polar surface area (TPSA) is 24.7 Å². The van der Waals surface area contributed by atoms with Gasteiger partial charge in [0.25, 0.3) is 0 Å². The Labute approximate surface area is 202 Å². The van der Waals surface area contributed by atoms with Gasteiger partial charge in [0.05, 0.1) is 17.1 Å². The number of hydrogen-bond acceptors (Lipinski definition) is 2. The predicted octanol–water partition coefficient (Wildman–Crippen LogP) is 8.19.